The van der Waals surface area contributed by atoms with E-state index in [0.29, 0.717) is 12.5 Å². The van der Waals surface area contributed by atoms with Gasteiger partial charge in [-0.1, -0.05) is 52.3 Å². The van der Waals surface area contributed by atoms with E-state index < -0.39 is 0 Å². The second kappa shape index (κ2) is 6.31. The molecular formula is C17H17BrO2. The molecule has 0 saturated carbocycles. The van der Waals surface area contributed by atoms with Crippen LogP contribution in [0.15, 0.2) is 48.5 Å². The first-order valence-corrected chi connectivity index (χ1v) is 7.99. The van der Waals surface area contributed by atoms with Crippen LogP contribution in [-0.4, -0.2) is 13.2 Å². The highest BCUT2D eigenvalue weighted by Gasteiger charge is 2.21. The summed E-state index contributed by atoms with van der Waals surface area (Å²) in [5.74, 6) is 2.37. The van der Waals surface area contributed by atoms with Crippen LogP contribution in [0.5, 0.6) is 11.5 Å². The first kappa shape index (κ1) is 13.5. The predicted octanol–water partition coefficient (Wildman–Crippen LogP) is 4.53. The second-order valence-corrected chi connectivity index (χ2v) is 5.48. The van der Waals surface area contributed by atoms with Crippen molar-refractivity contribution in [3.05, 3.63) is 59.7 Å². The zero-order chi connectivity index (χ0) is 13.8. The third kappa shape index (κ3) is 2.83. The third-order valence-electron chi connectivity index (χ3n) is 3.64. The standard InChI is InChI=1S/C17H17BrO2/c18-11-13-5-1-3-7-16(13)20-12-14-9-10-19-17-8-4-2-6-15(14)17/h1-8,14H,9-12H2. The van der Waals surface area contributed by atoms with Gasteiger partial charge in [0.1, 0.15) is 11.5 Å². The normalized spacial score (nSPS) is 17.1. The fraction of sp³-hybridized carbons (Fsp3) is 0.294. The van der Waals surface area contributed by atoms with Crippen LogP contribution < -0.4 is 9.47 Å². The lowest BCUT2D eigenvalue weighted by molar-refractivity contribution is 0.217. The molecule has 0 fully saturated rings. The van der Waals surface area contributed by atoms with Crippen molar-refractivity contribution in [2.75, 3.05) is 13.2 Å². The van der Waals surface area contributed by atoms with Gasteiger partial charge in [-0.05, 0) is 18.6 Å². The Morgan fingerprint density at radius 3 is 2.80 bits per heavy atom. The molecule has 1 unspecified atom stereocenters. The summed E-state index contributed by atoms with van der Waals surface area (Å²) in [5, 5.41) is 0.813. The Balaban J connectivity index is 1.73. The number of rotatable bonds is 4. The van der Waals surface area contributed by atoms with Gasteiger partial charge in [-0.2, -0.15) is 0 Å². The summed E-state index contributed by atoms with van der Waals surface area (Å²) in [6.45, 7) is 1.47. The average molecular weight is 333 g/mol. The van der Waals surface area contributed by atoms with Crippen LogP contribution in [0.1, 0.15) is 23.5 Å². The van der Waals surface area contributed by atoms with Crippen molar-refractivity contribution in [1.82, 2.24) is 0 Å². The van der Waals surface area contributed by atoms with Crippen molar-refractivity contribution in [1.29, 1.82) is 0 Å². The van der Waals surface area contributed by atoms with E-state index in [1.807, 2.05) is 30.3 Å². The first-order chi connectivity index (χ1) is 9.88. The Labute approximate surface area is 127 Å². The van der Waals surface area contributed by atoms with Crippen LogP contribution in [0.25, 0.3) is 0 Å². The second-order valence-electron chi connectivity index (χ2n) is 4.92. The molecule has 0 saturated heterocycles. The first-order valence-electron chi connectivity index (χ1n) is 6.87. The van der Waals surface area contributed by atoms with Crippen molar-refractivity contribution in [3.63, 3.8) is 0 Å². The highest BCUT2D eigenvalue weighted by molar-refractivity contribution is 9.08. The van der Waals surface area contributed by atoms with E-state index in [4.69, 9.17) is 9.47 Å². The Kier molecular flexibility index (Phi) is 4.26. The van der Waals surface area contributed by atoms with E-state index in [1.165, 1.54) is 11.1 Å². The predicted molar refractivity (Wildman–Crippen MR) is 83.9 cm³/mol. The lowest BCUT2D eigenvalue weighted by Crippen LogP contribution is -2.19. The zero-order valence-electron chi connectivity index (χ0n) is 11.2. The zero-order valence-corrected chi connectivity index (χ0v) is 12.8. The molecule has 2 aromatic rings. The Bertz CT molecular complexity index is 583. The molecule has 0 aliphatic carbocycles. The van der Waals surface area contributed by atoms with E-state index in [-0.39, 0.29) is 0 Å². The quantitative estimate of drug-likeness (QED) is 0.766. The molecule has 0 N–H and O–H groups in total. The Morgan fingerprint density at radius 1 is 1.10 bits per heavy atom. The summed E-state index contributed by atoms with van der Waals surface area (Å²) in [6.07, 6.45) is 1.01. The van der Waals surface area contributed by atoms with Crippen molar-refractivity contribution < 1.29 is 9.47 Å². The smallest absolute Gasteiger partial charge is 0.123 e. The van der Waals surface area contributed by atoms with Gasteiger partial charge >= 0.3 is 0 Å². The van der Waals surface area contributed by atoms with Gasteiger partial charge in [0.25, 0.3) is 0 Å². The van der Waals surface area contributed by atoms with Gasteiger partial charge in [0.2, 0.25) is 0 Å². The maximum absolute atomic E-state index is 6.04. The summed E-state index contributed by atoms with van der Waals surface area (Å²) in [6, 6.07) is 16.4. The van der Waals surface area contributed by atoms with Crippen molar-refractivity contribution in [2.24, 2.45) is 0 Å². The van der Waals surface area contributed by atoms with Crippen LogP contribution in [-0.2, 0) is 5.33 Å². The lowest BCUT2D eigenvalue weighted by atomic mass is 9.94. The molecule has 0 aromatic heterocycles. The van der Waals surface area contributed by atoms with Gasteiger partial charge in [-0.15, -0.1) is 0 Å². The SMILES string of the molecule is BrCc1ccccc1OCC1CCOc2ccccc21. The molecule has 0 spiro atoms. The maximum Gasteiger partial charge on any atom is 0.123 e. The lowest BCUT2D eigenvalue weighted by Gasteiger charge is -2.26. The number of benzene rings is 2. The molecule has 1 aliphatic heterocycles. The van der Waals surface area contributed by atoms with Gasteiger partial charge < -0.3 is 9.47 Å². The van der Waals surface area contributed by atoms with E-state index >= 15 is 0 Å². The van der Waals surface area contributed by atoms with Gasteiger partial charge in [-0.25, -0.2) is 0 Å². The fourth-order valence-corrected chi connectivity index (χ4v) is 3.00. The third-order valence-corrected chi connectivity index (χ3v) is 4.24. The highest BCUT2D eigenvalue weighted by Crippen LogP contribution is 2.34. The molecule has 104 valence electrons. The van der Waals surface area contributed by atoms with Gasteiger partial charge in [-0.3, -0.25) is 0 Å². The number of alkyl halides is 1. The highest BCUT2D eigenvalue weighted by atomic mass is 79.9. The molecule has 1 atom stereocenters. The minimum absolute atomic E-state index is 0.406. The van der Waals surface area contributed by atoms with Crippen LogP contribution in [0.2, 0.25) is 0 Å². The van der Waals surface area contributed by atoms with E-state index in [0.717, 1.165) is 29.9 Å². The molecular weight excluding hydrogens is 316 g/mol. The van der Waals surface area contributed by atoms with Crippen molar-refractivity contribution in [3.8, 4) is 11.5 Å². The van der Waals surface area contributed by atoms with Gasteiger partial charge in [0.05, 0.1) is 13.2 Å². The fourth-order valence-electron chi connectivity index (χ4n) is 2.53. The maximum atomic E-state index is 6.04. The van der Waals surface area contributed by atoms with Crippen LogP contribution in [0, 0.1) is 0 Å². The largest absolute Gasteiger partial charge is 0.493 e. The molecule has 1 heterocycles. The van der Waals surface area contributed by atoms with Gasteiger partial charge in [0.15, 0.2) is 0 Å². The number of fused-ring (bicyclic) bond motifs is 1. The summed E-state index contributed by atoms with van der Waals surface area (Å²) in [5.41, 5.74) is 2.45. The van der Waals surface area contributed by atoms with Crippen LogP contribution >= 0.6 is 15.9 Å². The molecule has 3 rings (SSSR count). The van der Waals surface area contributed by atoms with E-state index in [1.54, 1.807) is 0 Å². The van der Waals surface area contributed by atoms with Crippen molar-refractivity contribution in [2.45, 2.75) is 17.7 Å². The number of hydrogen-bond acceptors (Lipinski definition) is 2. The summed E-state index contributed by atoms with van der Waals surface area (Å²) < 4.78 is 11.7. The number of hydrogen-bond donors (Lipinski definition) is 0. The summed E-state index contributed by atoms with van der Waals surface area (Å²) in [7, 11) is 0. The van der Waals surface area contributed by atoms with E-state index in [9.17, 15) is 0 Å². The number of halogens is 1. The molecule has 2 aromatic carbocycles. The molecule has 0 radical (unpaired) electrons. The minimum Gasteiger partial charge on any atom is -0.493 e. The summed E-state index contributed by atoms with van der Waals surface area (Å²) in [4.78, 5) is 0. The molecule has 20 heavy (non-hydrogen) atoms. The monoisotopic (exact) mass is 332 g/mol. The molecule has 1 aliphatic rings. The van der Waals surface area contributed by atoms with Crippen LogP contribution in [0.3, 0.4) is 0 Å². The molecule has 0 amide bonds. The van der Waals surface area contributed by atoms with Crippen molar-refractivity contribution >= 4 is 15.9 Å². The number of ether oxygens (including phenoxy) is 2. The van der Waals surface area contributed by atoms with E-state index in [2.05, 4.69) is 34.1 Å². The molecule has 2 nitrogen and oxygen atoms in total. The topological polar surface area (TPSA) is 18.5 Å². The van der Waals surface area contributed by atoms with Crippen LogP contribution in [0.4, 0.5) is 0 Å². The average Bonchev–Trinajstić information content (AvgIpc) is 2.53. The molecule has 0 bridgehead atoms. The summed E-state index contributed by atoms with van der Waals surface area (Å²) >= 11 is 3.50. The Morgan fingerprint density at radius 2 is 1.90 bits per heavy atom. The van der Waals surface area contributed by atoms with Gasteiger partial charge in [0, 0.05) is 22.4 Å². The minimum atomic E-state index is 0.406. The Hall–Kier alpha value is -1.48. The molecule has 3 heteroatoms. The number of para-hydroxylation sites is 2.